The van der Waals surface area contributed by atoms with Gasteiger partial charge in [0.05, 0.1) is 6.10 Å². The molecule has 3 aromatic rings. The van der Waals surface area contributed by atoms with Crippen LogP contribution in [0.3, 0.4) is 0 Å². The molecule has 1 aromatic heterocycles. The van der Waals surface area contributed by atoms with Gasteiger partial charge in [-0.25, -0.2) is 22.2 Å². The van der Waals surface area contributed by atoms with E-state index in [0.717, 1.165) is 24.5 Å². The third-order valence-corrected chi connectivity index (χ3v) is 10.2. The highest BCUT2D eigenvalue weighted by molar-refractivity contribution is 7.89. The van der Waals surface area contributed by atoms with Gasteiger partial charge in [-0.1, -0.05) is 19.9 Å². The van der Waals surface area contributed by atoms with Gasteiger partial charge in [-0.15, -0.1) is 0 Å². The highest BCUT2D eigenvalue weighted by Gasteiger charge is 2.37. The molecule has 1 N–H and O–H groups in total. The number of nitrogens with zero attached hydrogens (tertiary/aromatic N) is 3. The summed E-state index contributed by atoms with van der Waals surface area (Å²) < 4.78 is 56.2. The Morgan fingerprint density at radius 2 is 1.70 bits per heavy atom. The first-order valence-corrected chi connectivity index (χ1v) is 17.3. The number of piperidine rings is 1. The van der Waals surface area contributed by atoms with E-state index in [1.807, 2.05) is 13.8 Å². The molecule has 0 unspecified atom stereocenters. The molecule has 0 spiro atoms. The maximum absolute atomic E-state index is 14.2. The number of carbonyl (C=O) groups excluding carboxylic acids is 2. The van der Waals surface area contributed by atoms with Crippen LogP contribution in [0.2, 0.25) is 0 Å². The van der Waals surface area contributed by atoms with E-state index in [9.17, 15) is 31.9 Å². The lowest BCUT2D eigenvalue weighted by Gasteiger charge is -2.37. The fraction of sp³-hybridized carbons (Fsp3) is 0.457. The van der Waals surface area contributed by atoms with Crippen molar-refractivity contribution in [2.24, 2.45) is 11.8 Å². The number of benzene rings is 2. The van der Waals surface area contributed by atoms with E-state index in [-0.39, 0.29) is 48.2 Å². The van der Waals surface area contributed by atoms with E-state index >= 15 is 0 Å². The van der Waals surface area contributed by atoms with E-state index in [4.69, 9.17) is 0 Å². The van der Waals surface area contributed by atoms with Crippen molar-refractivity contribution in [1.82, 2.24) is 14.2 Å². The molecule has 4 rings (SSSR count). The van der Waals surface area contributed by atoms with Gasteiger partial charge in [0.1, 0.15) is 11.6 Å². The number of hydrogen-bond acceptors (Lipinski definition) is 6. The van der Waals surface area contributed by atoms with Crippen LogP contribution in [0.4, 0.5) is 8.78 Å². The number of hydrogen-bond donors (Lipinski definition) is 1. The summed E-state index contributed by atoms with van der Waals surface area (Å²) in [6, 6.07) is 12.7. The van der Waals surface area contributed by atoms with Gasteiger partial charge in [-0.3, -0.25) is 9.59 Å². The minimum Gasteiger partial charge on any atom is -0.392 e. The highest BCUT2D eigenvalue weighted by Crippen LogP contribution is 2.31. The molecule has 0 aliphatic carbocycles. The standard InChI is InChI=1S/C35H43F2N3O5S/c1-4-12-39(13-5-2)35(43)29-16-24(3)15-27(20-29)32(41)21-28(17-25-18-30(36)22-31(37)19-25)34(42)26-9-8-14-40(23-26)46(44,45)33-10-6-7-11-38-33/h6-7,10-11,15-16,18-20,22,26,28,34,42H,4-5,8-9,12-14,17,21,23H2,1-3H3/t26-,28-,34-/m1/s1. The molecule has 11 heteroatoms. The van der Waals surface area contributed by atoms with E-state index in [0.29, 0.717) is 37.1 Å². The fourth-order valence-corrected chi connectivity index (χ4v) is 7.76. The van der Waals surface area contributed by atoms with E-state index in [2.05, 4.69) is 4.98 Å². The summed E-state index contributed by atoms with van der Waals surface area (Å²) in [6.07, 6.45) is 2.64. The number of Topliss-reactive ketones (excluding diaryl/α,β-unsaturated/α-hetero) is 1. The Labute approximate surface area is 270 Å². The molecule has 1 aliphatic rings. The monoisotopic (exact) mass is 655 g/mol. The van der Waals surface area contributed by atoms with Crippen molar-refractivity contribution in [2.45, 2.75) is 70.4 Å². The van der Waals surface area contributed by atoms with Crippen molar-refractivity contribution in [2.75, 3.05) is 26.2 Å². The molecule has 1 fully saturated rings. The van der Waals surface area contributed by atoms with Crippen molar-refractivity contribution >= 4 is 21.7 Å². The normalized spacial score (nSPS) is 17.0. The molecule has 248 valence electrons. The summed E-state index contributed by atoms with van der Waals surface area (Å²) >= 11 is 0. The maximum atomic E-state index is 14.2. The summed E-state index contributed by atoms with van der Waals surface area (Å²) in [5, 5.41) is 11.6. The maximum Gasteiger partial charge on any atom is 0.260 e. The van der Waals surface area contributed by atoms with Gasteiger partial charge in [0, 0.05) is 56.0 Å². The average molecular weight is 656 g/mol. The second-order valence-corrected chi connectivity index (χ2v) is 14.1. The Morgan fingerprint density at radius 1 is 1.02 bits per heavy atom. The van der Waals surface area contributed by atoms with E-state index in [1.54, 1.807) is 42.2 Å². The first-order valence-electron chi connectivity index (χ1n) is 15.9. The number of pyridine rings is 1. The molecule has 8 nitrogen and oxygen atoms in total. The van der Waals surface area contributed by atoms with Gasteiger partial charge in [-0.05, 0) is 104 Å². The zero-order valence-electron chi connectivity index (χ0n) is 26.7. The predicted molar refractivity (Wildman–Crippen MR) is 172 cm³/mol. The second-order valence-electron chi connectivity index (χ2n) is 12.2. The van der Waals surface area contributed by atoms with Gasteiger partial charge in [0.25, 0.3) is 15.9 Å². The SMILES string of the molecule is CCCN(CCC)C(=O)c1cc(C)cc(C(=O)C[C@@H](Cc2cc(F)cc(F)c2)[C@H](O)[C@@H]2CCCN(S(=O)(=O)c3ccccn3)C2)c1. The Hall–Kier alpha value is -3.54. The molecule has 3 atom stereocenters. The highest BCUT2D eigenvalue weighted by atomic mass is 32.2. The van der Waals surface area contributed by atoms with Crippen LogP contribution in [0.1, 0.15) is 77.8 Å². The smallest absolute Gasteiger partial charge is 0.260 e. The van der Waals surface area contributed by atoms with Crippen molar-refractivity contribution in [1.29, 1.82) is 0 Å². The number of aliphatic hydroxyl groups excluding tert-OH is 1. The van der Waals surface area contributed by atoms with Gasteiger partial charge in [0.15, 0.2) is 10.8 Å². The number of aliphatic hydroxyl groups is 1. The first-order chi connectivity index (χ1) is 21.9. The minimum absolute atomic E-state index is 0.00998. The molecular formula is C35H43F2N3O5S. The number of carbonyl (C=O) groups is 2. The molecular weight excluding hydrogens is 612 g/mol. The summed E-state index contributed by atoms with van der Waals surface area (Å²) in [5.41, 5.74) is 1.71. The van der Waals surface area contributed by atoms with Crippen LogP contribution in [0.5, 0.6) is 0 Å². The van der Waals surface area contributed by atoms with E-state index < -0.39 is 39.6 Å². The van der Waals surface area contributed by atoms with Gasteiger partial charge < -0.3 is 10.0 Å². The molecule has 1 amide bonds. The quantitative estimate of drug-likeness (QED) is 0.219. The van der Waals surface area contributed by atoms with Crippen LogP contribution in [0.15, 0.2) is 65.8 Å². The van der Waals surface area contributed by atoms with Crippen LogP contribution >= 0.6 is 0 Å². The number of aromatic nitrogens is 1. The zero-order chi connectivity index (χ0) is 33.4. The molecule has 0 bridgehead atoms. The minimum atomic E-state index is -3.91. The molecule has 1 aliphatic heterocycles. The second kappa shape index (κ2) is 15.8. The van der Waals surface area contributed by atoms with Crippen LogP contribution in [0, 0.1) is 30.4 Å². The summed E-state index contributed by atoms with van der Waals surface area (Å²) in [7, 11) is -3.91. The Morgan fingerprint density at radius 3 is 2.33 bits per heavy atom. The van der Waals surface area contributed by atoms with Crippen molar-refractivity contribution in [3.05, 3.63) is 94.7 Å². The zero-order valence-corrected chi connectivity index (χ0v) is 27.5. The molecule has 0 saturated carbocycles. The third kappa shape index (κ3) is 8.83. The number of sulfonamides is 1. The van der Waals surface area contributed by atoms with Gasteiger partial charge >= 0.3 is 0 Å². The van der Waals surface area contributed by atoms with Crippen LogP contribution < -0.4 is 0 Å². The van der Waals surface area contributed by atoms with E-state index in [1.165, 1.54) is 28.7 Å². The number of ketones is 1. The fourth-order valence-electron chi connectivity index (χ4n) is 6.29. The Kier molecular flexibility index (Phi) is 12.2. The summed E-state index contributed by atoms with van der Waals surface area (Å²) in [5.74, 6) is -3.35. The lowest BCUT2D eigenvalue weighted by molar-refractivity contribution is 0.0231. The van der Waals surface area contributed by atoms with Crippen LogP contribution in [-0.4, -0.2) is 71.7 Å². The Bertz CT molecular complexity index is 1590. The molecule has 2 aromatic carbocycles. The average Bonchev–Trinajstić information content (AvgIpc) is 3.03. The van der Waals surface area contributed by atoms with Gasteiger partial charge in [-0.2, -0.15) is 4.31 Å². The molecule has 2 heterocycles. The van der Waals surface area contributed by atoms with Crippen molar-refractivity contribution < 1.29 is 31.9 Å². The largest absolute Gasteiger partial charge is 0.392 e. The van der Waals surface area contributed by atoms with Crippen LogP contribution in [0.25, 0.3) is 0 Å². The lowest BCUT2D eigenvalue weighted by atomic mass is 9.79. The van der Waals surface area contributed by atoms with Crippen LogP contribution in [-0.2, 0) is 16.4 Å². The molecule has 46 heavy (non-hydrogen) atoms. The topological polar surface area (TPSA) is 108 Å². The lowest BCUT2D eigenvalue weighted by Crippen LogP contribution is -2.46. The molecule has 1 saturated heterocycles. The number of amides is 1. The predicted octanol–water partition coefficient (Wildman–Crippen LogP) is 5.82. The van der Waals surface area contributed by atoms with Crippen molar-refractivity contribution in [3.8, 4) is 0 Å². The van der Waals surface area contributed by atoms with Gasteiger partial charge in [0.2, 0.25) is 0 Å². The number of aryl methyl sites for hydroxylation is 1. The summed E-state index contributed by atoms with van der Waals surface area (Å²) in [4.78, 5) is 32.9. The third-order valence-electron chi connectivity index (χ3n) is 8.42. The van der Waals surface area contributed by atoms with Crippen molar-refractivity contribution in [3.63, 3.8) is 0 Å². The number of halogens is 2. The first kappa shape index (κ1) is 35.3. The number of rotatable bonds is 14. The Balaban J connectivity index is 1.61. The molecule has 0 radical (unpaired) electrons. The summed E-state index contributed by atoms with van der Waals surface area (Å²) in [6.45, 7) is 7.25.